The molecule has 0 atom stereocenters. The molecule has 0 fully saturated rings. The number of ether oxygens (including phenoxy) is 1. The van der Waals surface area contributed by atoms with Gasteiger partial charge in [0.1, 0.15) is 0 Å². The van der Waals surface area contributed by atoms with E-state index in [2.05, 4.69) is 10.2 Å². The Bertz CT molecular complexity index is 468. The van der Waals surface area contributed by atoms with Crippen LogP contribution >= 0.6 is 0 Å². The van der Waals surface area contributed by atoms with E-state index < -0.39 is 5.82 Å². The van der Waals surface area contributed by atoms with Crippen LogP contribution in [-0.4, -0.2) is 22.1 Å². The molecule has 0 aliphatic rings. The van der Waals surface area contributed by atoms with Crippen LogP contribution in [0.15, 0.2) is 24.5 Å². The van der Waals surface area contributed by atoms with Gasteiger partial charge in [0, 0.05) is 6.07 Å². The maximum Gasteiger partial charge on any atom is 0.167 e. The van der Waals surface area contributed by atoms with Gasteiger partial charge in [0.25, 0.3) is 0 Å². The molecule has 2 rings (SSSR count). The van der Waals surface area contributed by atoms with E-state index in [1.54, 1.807) is 18.5 Å². The predicted octanol–water partition coefficient (Wildman–Crippen LogP) is 1.72. The Hall–Kier alpha value is -1.91. The lowest BCUT2D eigenvalue weighted by molar-refractivity contribution is 0.386. The first-order valence-corrected chi connectivity index (χ1v) is 4.43. The summed E-state index contributed by atoms with van der Waals surface area (Å²) >= 11 is 0. The van der Waals surface area contributed by atoms with Crippen LogP contribution in [0.25, 0.3) is 5.69 Å². The number of rotatable bonds is 2. The summed E-state index contributed by atoms with van der Waals surface area (Å²) < 4.78 is 18.3. The quantitative estimate of drug-likeness (QED) is 0.752. The van der Waals surface area contributed by atoms with Crippen molar-refractivity contribution in [3.05, 3.63) is 35.9 Å². The molecule has 0 radical (unpaired) electrons. The van der Waals surface area contributed by atoms with E-state index in [0.717, 1.165) is 5.56 Å². The van der Waals surface area contributed by atoms with E-state index in [1.165, 1.54) is 18.0 Å². The van der Waals surface area contributed by atoms with Crippen molar-refractivity contribution < 1.29 is 9.13 Å². The molecule has 15 heavy (non-hydrogen) atoms. The third-order valence-corrected chi connectivity index (χ3v) is 2.10. The van der Waals surface area contributed by atoms with E-state index in [9.17, 15) is 4.39 Å². The summed E-state index contributed by atoms with van der Waals surface area (Å²) in [6.07, 6.45) is 3.09. The standard InChI is InChI=1S/C10H10FN3O/c1-7-5-10(15-2)8(11)6-9(7)14-12-3-4-13-14/h3-6H,1-2H3. The normalized spacial score (nSPS) is 10.3. The van der Waals surface area contributed by atoms with Crippen molar-refractivity contribution in [1.82, 2.24) is 15.0 Å². The molecule has 0 amide bonds. The van der Waals surface area contributed by atoms with Crippen LogP contribution in [0.4, 0.5) is 4.39 Å². The molecule has 78 valence electrons. The zero-order valence-electron chi connectivity index (χ0n) is 8.44. The number of halogens is 1. The fraction of sp³-hybridized carbons (Fsp3) is 0.200. The van der Waals surface area contributed by atoms with Crippen LogP contribution in [0.1, 0.15) is 5.56 Å². The first-order chi connectivity index (χ1) is 7.22. The molecular weight excluding hydrogens is 197 g/mol. The number of methoxy groups -OCH3 is 1. The molecule has 0 aliphatic carbocycles. The minimum absolute atomic E-state index is 0.225. The average molecular weight is 207 g/mol. The first-order valence-electron chi connectivity index (χ1n) is 4.43. The minimum atomic E-state index is -0.421. The summed E-state index contributed by atoms with van der Waals surface area (Å²) in [7, 11) is 1.43. The second-order valence-electron chi connectivity index (χ2n) is 3.09. The van der Waals surface area contributed by atoms with Crippen LogP contribution in [0.2, 0.25) is 0 Å². The van der Waals surface area contributed by atoms with Crippen LogP contribution in [-0.2, 0) is 0 Å². The maximum atomic E-state index is 13.4. The maximum absolute atomic E-state index is 13.4. The number of aryl methyl sites for hydroxylation is 1. The monoisotopic (exact) mass is 207 g/mol. The molecule has 4 nitrogen and oxygen atoms in total. The molecule has 0 unspecified atom stereocenters. The van der Waals surface area contributed by atoms with Gasteiger partial charge in [-0.25, -0.2) is 4.39 Å². The molecule has 5 heteroatoms. The van der Waals surface area contributed by atoms with Crippen molar-refractivity contribution in [2.45, 2.75) is 6.92 Å². The molecule has 0 aliphatic heterocycles. The summed E-state index contributed by atoms with van der Waals surface area (Å²) in [6.45, 7) is 1.85. The van der Waals surface area contributed by atoms with E-state index >= 15 is 0 Å². The average Bonchev–Trinajstić information content (AvgIpc) is 2.74. The van der Waals surface area contributed by atoms with E-state index in [-0.39, 0.29) is 5.75 Å². The van der Waals surface area contributed by atoms with Gasteiger partial charge < -0.3 is 4.74 Å². The van der Waals surface area contributed by atoms with Crippen molar-refractivity contribution in [1.29, 1.82) is 0 Å². The zero-order valence-corrected chi connectivity index (χ0v) is 8.44. The number of hydrogen-bond acceptors (Lipinski definition) is 3. The highest BCUT2D eigenvalue weighted by Gasteiger charge is 2.09. The van der Waals surface area contributed by atoms with Crippen molar-refractivity contribution in [3.63, 3.8) is 0 Å². The summed E-state index contributed by atoms with van der Waals surface area (Å²) in [4.78, 5) is 1.37. The van der Waals surface area contributed by atoms with Crippen molar-refractivity contribution in [2.24, 2.45) is 0 Å². The van der Waals surface area contributed by atoms with E-state index in [0.29, 0.717) is 5.69 Å². The van der Waals surface area contributed by atoms with Crippen LogP contribution in [0, 0.1) is 12.7 Å². The second kappa shape index (κ2) is 3.68. The highest BCUT2D eigenvalue weighted by molar-refractivity contribution is 5.44. The number of benzene rings is 1. The number of nitrogens with zero attached hydrogens (tertiary/aromatic N) is 3. The third-order valence-electron chi connectivity index (χ3n) is 2.10. The summed E-state index contributed by atoms with van der Waals surface area (Å²) in [6, 6.07) is 2.97. The Kier molecular flexibility index (Phi) is 2.37. The Labute approximate surface area is 86.3 Å². The predicted molar refractivity (Wildman–Crippen MR) is 52.6 cm³/mol. The van der Waals surface area contributed by atoms with Gasteiger partial charge >= 0.3 is 0 Å². The molecule has 1 aromatic carbocycles. The second-order valence-corrected chi connectivity index (χ2v) is 3.09. The Morgan fingerprint density at radius 2 is 1.93 bits per heavy atom. The third kappa shape index (κ3) is 1.68. The zero-order chi connectivity index (χ0) is 10.8. The van der Waals surface area contributed by atoms with Gasteiger partial charge in [-0.15, -0.1) is 0 Å². The van der Waals surface area contributed by atoms with E-state index in [1.807, 2.05) is 6.92 Å². The summed E-state index contributed by atoms with van der Waals surface area (Å²) in [5.74, 6) is -0.196. The lowest BCUT2D eigenvalue weighted by atomic mass is 10.2. The van der Waals surface area contributed by atoms with Crippen LogP contribution < -0.4 is 4.74 Å². The molecular formula is C10H10FN3O. The molecule has 0 spiro atoms. The first kappa shape index (κ1) is 9.64. The fourth-order valence-corrected chi connectivity index (χ4v) is 1.36. The van der Waals surface area contributed by atoms with Crippen LogP contribution in [0.3, 0.4) is 0 Å². The number of aromatic nitrogens is 3. The highest BCUT2D eigenvalue weighted by atomic mass is 19.1. The van der Waals surface area contributed by atoms with Gasteiger partial charge in [0.2, 0.25) is 0 Å². The topological polar surface area (TPSA) is 39.9 Å². The van der Waals surface area contributed by atoms with Gasteiger partial charge in [-0.3, -0.25) is 0 Å². The molecule has 0 N–H and O–H groups in total. The van der Waals surface area contributed by atoms with Gasteiger partial charge in [-0.1, -0.05) is 0 Å². The molecule has 1 aromatic heterocycles. The van der Waals surface area contributed by atoms with Crippen molar-refractivity contribution in [2.75, 3.05) is 7.11 Å². The van der Waals surface area contributed by atoms with Gasteiger partial charge in [-0.05, 0) is 18.6 Å². The lowest BCUT2D eigenvalue weighted by Gasteiger charge is -2.07. The Balaban J connectivity index is 2.55. The van der Waals surface area contributed by atoms with Gasteiger partial charge in [0.15, 0.2) is 11.6 Å². The Morgan fingerprint density at radius 3 is 2.53 bits per heavy atom. The Morgan fingerprint density at radius 1 is 1.27 bits per heavy atom. The smallest absolute Gasteiger partial charge is 0.167 e. The lowest BCUT2D eigenvalue weighted by Crippen LogP contribution is -2.02. The molecule has 0 bridgehead atoms. The largest absolute Gasteiger partial charge is 0.494 e. The SMILES string of the molecule is COc1cc(C)c(-n2nccn2)cc1F. The van der Waals surface area contributed by atoms with Crippen LogP contribution in [0.5, 0.6) is 5.75 Å². The highest BCUT2D eigenvalue weighted by Crippen LogP contribution is 2.23. The van der Waals surface area contributed by atoms with Gasteiger partial charge in [-0.2, -0.15) is 15.0 Å². The fourth-order valence-electron chi connectivity index (χ4n) is 1.36. The summed E-state index contributed by atoms with van der Waals surface area (Å²) in [5.41, 5.74) is 1.46. The molecule has 0 saturated heterocycles. The van der Waals surface area contributed by atoms with Gasteiger partial charge in [0.05, 0.1) is 25.2 Å². The minimum Gasteiger partial charge on any atom is -0.494 e. The molecule has 1 heterocycles. The molecule has 2 aromatic rings. The van der Waals surface area contributed by atoms with Crippen molar-refractivity contribution in [3.8, 4) is 11.4 Å². The van der Waals surface area contributed by atoms with E-state index in [4.69, 9.17) is 4.74 Å². The van der Waals surface area contributed by atoms with Crippen molar-refractivity contribution >= 4 is 0 Å². The molecule has 0 saturated carbocycles. The summed E-state index contributed by atoms with van der Waals surface area (Å²) in [5, 5.41) is 7.88. The number of hydrogen-bond donors (Lipinski definition) is 0.